The zero-order valence-corrected chi connectivity index (χ0v) is 9.69. The molecule has 0 aliphatic rings. The molecule has 0 fully saturated rings. The highest BCUT2D eigenvalue weighted by Crippen LogP contribution is 2.17. The number of benzene rings is 1. The van der Waals surface area contributed by atoms with Crippen LogP contribution in [0.1, 0.15) is 6.92 Å². The minimum atomic E-state index is -1.87. The fourth-order valence-corrected chi connectivity index (χ4v) is 1.08. The first kappa shape index (κ1) is 12.0. The van der Waals surface area contributed by atoms with E-state index in [-0.39, 0.29) is 6.61 Å². The average Bonchev–Trinajstić information content (AvgIpc) is 2.17. The van der Waals surface area contributed by atoms with Crippen molar-refractivity contribution in [2.45, 2.75) is 12.5 Å². The van der Waals surface area contributed by atoms with Crippen LogP contribution in [0.25, 0.3) is 0 Å². The van der Waals surface area contributed by atoms with Gasteiger partial charge in [-0.1, -0.05) is 15.9 Å². The van der Waals surface area contributed by atoms with Crippen LogP contribution in [-0.4, -0.2) is 28.4 Å². The van der Waals surface area contributed by atoms with E-state index in [1.54, 1.807) is 24.3 Å². The third-order valence-corrected chi connectivity index (χ3v) is 2.32. The molecule has 1 rings (SSSR count). The molecule has 0 amide bonds. The quantitative estimate of drug-likeness (QED) is 0.877. The Bertz CT molecular complexity index is 345. The Balaban J connectivity index is 2.57. The molecule has 0 spiro atoms. The number of ether oxygens (including phenoxy) is 1. The molecule has 4 nitrogen and oxygen atoms in total. The lowest BCUT2D eigenvalue weighted by Gasteiger charge is -2.18. The second-order valence-electron chi connectivity index (χ2n) is 3.32. The van der Waals surface area contributed by atoms with Gasteiger partial charge in [-0.25, -0.2) is 4.79 Å². The number of aliphatic carboxylic acids is 1. The summed E-state index contributed by atoms with van der Waals surface area (Å²) in [6.45, 7) is 0.901. The van der Waals surface area contributed by atoms with Gasteiger partial charge in [0.2, 0.25) is 0 Å². The summed E-state index contributed by atoms with van der Waals surface area (Å²) in [4.78, 5) is 10.6. The third kappa shape index (κ3) is 3.53. The van der Waals surface area contributed by atoms with Crippen molar-refractivity contribution in [3.8, 4) is 5.75 Å². The van der Waals surface area contributed by atoms with Crippen molar-refractivity contribution in [1.29, 1.82) is 0 Å². The molecule has 15 heavy (non-hydrogen) atoms. The van der Waals surface area contributed by atoms with Crippen molar-refractivity contribution >= 4 is 21.9 Å². The molecule has 5 heteroatoms. The van der Waals surface area contributed by atoms with Crippen LogP contribution in [0.4, 0.5) is 0 Å². The summed E-state index contributed by atoms with van der Waals surface area (Å²) in [5.41, 5.74) is -1.87. The van der Waals surface area contributed by atoms with E-state index in [1.807, 2.05) is 0 Å². The minimum Gasteiger partial charge on any atom is -0.490 e. The normalized spacial score (nSPS) is 14.3. The monoisotopic (exact) mass is 274 g/mol. The number of carboxylic acid groups (broad SMARTS) is 1. The summed E-state index contributed by atoms with van der Waals surface area (Å²) < 4.78 is 6.04. The number of hydrogen-bond donors (Lipinski definition) is 2. The number of rotatable bonds is 4. The summed E-state index contributed by atoms with van der Waals surface area (Å²) in [7, 11) is 0. The van der Waals surface area contributed by atoms with Crippen LogP contribution >= 0.6 is 15.9 Å². The van der Waals surface area contributed by atoms with Gasteiger partial charge >= 0.3 is 5.97 Å². The van der Waals surface area contributed by atoms with E-state index in [4.69, 9.17) is 9.84 Å². The van der Waals surface area contributed by atoms with Crippen molar-refractivity contribution in [3.63, 3.8) is 0 Å². The molecular formula is C10H11BrO4. The zero-order valence-electron chi connectivity index (χ0n) is 8.11. The Morgan fingerprint density at radius 2 is 2.00 bits per heavy atom. The van der Waals surface area contributed by atoms with E-state index in [2.05, 4.69) is 15.9 Å². The van der Waals surface area contributed by atoms with Crippen molar-refractivity contribution in [2.24, 2.45) is 0 Å². The Kier molecular flexibility index (Phi) is 3.71. The maximum absolute atomic E-state index is 10.6. The van der Waals surface area contributed by atoms with E-state index in [0.29, 0.717) is 5.75 Å². The van der Waals surface area contributed by atoms with Gasteiger partial charge in [0, 0.05) is 4.47 Å². The topological polar surface area (TPSA) is 66.8 Å². The van der Waals surface area contributed by atoms with Crippen LogP contribution in [0.5, 0.6) is 5.75 Å². The highest BCUT2D eigenvalue weighted by Gasteiger charge is 2.30. The van der Waals surface area contributed by atoms with Crippen molar-refractivity contribution < 1.29 is 19.7 Å². The molecule has 1 aromatic rings. The van der Waals surface area contributed by atoms with Crippen LogP contribution in [0.15, 0.2) is 28.7 Å². The number of carboxylic acids is 1. The second kappa shape index (κ2) is 4.63. The van der Waals surface area contributed by atoms with Gasteiger partial charge in [-0.3, -0.25) is 0 Å². The third-order valence-electron chi connectivity index (χ3n) is 1.79. The first-order chi connectivity index (χ1) is 6.92. The fraction of sp³-hybridized carbons (Fsp3) is 0.300. The highest BCUT2D eigenvalue weighted by molar-refractivity contribution is 9.10. The van der Waals surface area contributed by atoms with Crippen LogP contribution in [-0.2, 0) is 4.79 Å². The maximum atomic E-state index is 10.6. The molecule has 82 valence electrons. The van der Waals surface area contributed by atoms with Crippen LogP contribution in [0, 0.1) is 0 Å². The average molecular weight is 275 g/mol. The summed E-state index contributed by atoms with van der Waals surface area (Å²) in [5.74, 6) is -0.792. The molecule has 0 radical (unpaired) electrons. The first-order valence-electron chi connectivity index (χ1n) is 4.26. The summed E-state index contributed by atoms with van der Waals surface area (Å²) in [6, 6.07) is 6.90. The lowest BCUT2D eigenvalue weighted by Crippen LogP contribution is -2.41. The maximum Gasteiger partial charge on any atom is 0.339 e. The second-order valence-corrected chi connectivity index (χ2v) is 4.24. The van der Waals surface area contributed by atoms with Crippen LogP contribution in [0.2, 0.25) is 0 Å². The van der Waals surface area contributed by atoms with Gasteiger partial charge < -0.3 is 14.9 Å². The van der Waals surface area contributed by atoms with Gasteiger partial charge in [0.25, 0.3) is 0 Å². The standard InChI is InChI=1S/C10H11BrO4/c1-10(14,9(12)13)6-15-8-4-2-7(11)3-5-8/h2-5,14H,6H2,1H3,(H,12,13). The van der Waals surface area contributed by atoms with E-state index in [9.17, 15) is 9.90 Å². The van der Waals surface area contributed by atoms with E-state index < -0.39 is 11.6 Å². The predicted octanol–water partition coefficient (Wildman–Crippen LogP) is 1.66. The fourth-order valence-electron chi connectivity index (χ4n) is 0.816. The molecule has 1 atom stereocenters. The molecule has 2 N–H and O–H groups in total. The van der Waals surface area contributed by atoms with Crippen molar-refractivity contribution in [3.05, 3.63) is 28.7 Å². The number of aliphatic hydroxyl groups is 1. The minimum absolute atomic E-state index is 0.288. The molecule has 0 bridgehead atoms. The van der Waals surface area contributed by atoms with Gasteiger partial charge in [0.05, 0.1) is 0 Å². The summed E-state index contributed by atoms with van der Waals surface area (Å²) >= 11 is 3.26. The molecular weight excluding hydrogens is 264 g/mol. The van der Waals surface area contributed by atoms with Crippen molar-refractivity contribution in [2.75, 3.05) is 6.61 Å². The van der Waals surface area contributed by atoms with Gasteiger partial charge in [0.1, 0.15) is 12.4 Å². The number of carbonyl (C=O) groups is 1. The predicted molar refractivity (Wildman–Crippen MR) is 57.9 cm³/mol. The van der Waals surface area contributed by atoms with Gasteiger partial charge in [-0.05, 0) is 31.2 Å². The van der Waals surface area contributed by atoms with Gasteiger partial charge in [0.15, 0.2) is 5.60 Å². The smallest absolute Gasteiger partial charge is 0.339 e. The molecule has 1 aromatic carbocycles. The van der Waals surface area contributed by atoms with Crippen molar-refractivity contribution in [1.82, 2.24) is 0 Å². The SMILES string of the molecule is CC(O)(COc1ccc(Br)cc1)C(=O)O. The largest absolute Gasteiger partial charge is 0.490 e. The Hall–Kier alpha value is -1.07. The Labute approximate surface area is 95.6 Å². The Morgan fingerprint density at radius 1 is 1.47 bits per heavy atom. The molecule has 0 aromatic heterocycles. The van der Waals surface area contributed by atoms with E-state index in [0.717, 1.165) is 4.47 Å². The Morgan fingerprint density at radius 3 is 2.47 bits per heavy atom. The molecule has 0 aliphatic carbocycles. The first-order valence-corrected chi connectivity index (χ1v) is 5.05. The lowest BCUT2D eigenvalue weighted by atomic mass is 10.1. The van der Waals surface area contributed by atoms with Gasteiger partial charge in [-0.15, -0.1) is 0 Å². The molecule has 0 saturated heterocycles. The zero-order chi connectivity index (χ0) is 11.5. The molecule has 0 heterocycles. The number of halogens is 1. The summed E-state index contributed by atoms with van der Waals surface area (Å²) in [6.07, 6.45) is 0. The molecule has 0 saturated carbocycles. The molecule has 0 aliphatic heterocycles. The van der Waals surface area contributed by atoms with E-state index >= 15 is 0 Å². The van der Waals surface area contributed by atoms with Gasteiger partial charge in [-0.2, -0.15) is 0 Å². The summed E-state index contributed by atoms with van der Waals surface area (Å²) in [5, 5.41) is 18.0. The number of hydrogen-bond acceptors (Lipinski definition) is 3. The lowest BCUT2D eigenvalue weighted by molar-refractivity contribution is -0.159. The van der Waals surface area contributed by atoms with Crippen LogP contribution < -0.4 is 4.74 Å². The van der Waals surface area contributed by atoms with Crippen LogP contribution in [0.3, 0.4) is 0 Å². The molecule has 1 unspecified atom stereocenters. The van der Waals surface area contributed by atoms with E-state index in [1.165, 1.54) is 6.92 Å². The highest BCUT2D eigenvalue weighted by atomic mass is 79.9.